The molecular formula is C18H18N2O. The van der Waals surface area contributed by atoms with Crippen molar-refractivity contribution in [1.82, 2.24) is 9.38 Å². The molecule has 0 fully saturated rings. The van der Waals surface area contributed by atoms with Gasteiger partial charge in [-0.3, -0.25) is 9.78 Å². The maximum absolute atomic E-state index is 12.2. The van der Waals surface area contributed by atoms with Gasteiger partial charge in [-0.15, -0.1) is 0 Å². The highest BCUT2D eigenvalue weighted by atomic mass is 16.1. The lowest BCUT2D eigenvalue weighted by Gasteiger charge is -2.06. The molecule has 21 heavy (non-hydrogen) atoms. The summed E-state index contributed by atoms with van der Waals surface area (Å²) in [5, 5.41) is 0. The number of carbonyl (C=O) groups excluding carboxylic acids is 1. The fourth-order valence-corrected chi connectivity index (χ4v) is 2.48. The minimum Gasteiger partial charge on any atom is -0.323 e. The van der Waals surface area contributed by atoms with Gasteiger partial charge in [-0.25, -0.2) is 0 Å². The van der Waals surface area contributed by atoms with Crippen LogP contribution >= 0.6 is 0 Å². The van der Waals surface area contributed by atoms with Crippen LogP contribution < -0.4 is 0 Å². The molecule has 0 saturated heterocycles. The Balaban J connectivity index is 2.16. The van der Waals surface area contributed by atoms with Crippen LogP contribution in [0.3, 0.4) is 0 Å². The second-order valence-corrected chi connectivity index (χ2v) is 5.67. The smallest absolute Gasteiger partial charge is 0.165 e. The molecule has 0 aliphatic heterocycles. The molecule has 3 aromatic heterocycles. The SMILES string of the molecule is Cc1ccnc(-c2ccn3ccc(C(=O)C(C)C)cc23)c1. The molecule has 0 aliphatic rings. The second kappa shape index (κ2) is 5.17. The molecule has 0 spiro atoms. The quantitative estimate of drug-likeness (QED) is 0.674. The molecule has 3 rings (SSSR count). The Kier molecular flexibility index (Phi) is 3.34. The van der Waals surface area contributed by atoms with E-state index in [1.54, 1.807) is 0 Å². The van der Waals surface area contributed by atoms with E-state index in [4.69, 9.17) is 0 Å². The van der Waals surface area contributed by atoms with E-state index in [1.807, 2.05) is 61.1 Å². The third kappa shape index (κ3) is 2.47. The van der Waals surface area contributed by atoms with Crippen molar-refractivity contribution < 1.29 is 4.79 Å². The summed E-state index contributed by atoms with van der Waals surface area (Å²) in [6.45, 7) is 5.90. The van der Waals surface area contributed by atoms with E-state index in [2.05, 4.69) is 18.0 Å². The molecule has 3 nitrogen and oxygen atoms in total. The number of ketones is 1. The average Bonchev–Trinajstić information content (AvgIpc) is 2.89. The van der Waals surface area contributed by atoms with Gasteiger partial charge in [-0.05, 0) is 42.8 Å². The van der Waals surface area contributed by atoms with Gasteiger partial charge in [0.25, 0.3) is 0 Å². The molecular weight excluding hydrogens is 260 g/mol. The molecule has 0 bridgehead atoms. The van der Waals surface area contributed by atoms with E-state index in [-0.39, 0.29) is 11.7 Å². The molecule has 0 amide bonds. The fraction of sp³-hybridized carbons (Fsp3) is 0.222. The molecule has 0 aliphatic carbocycles. The fourth-order valence-electron chi connectivity index (χ4n) is 2.48. The molecule has 3 heteroatoms. The standard InChI is InChI=1S/C18H18N2O/c1-12(2)18(21)14-5-8-20-9-6-15(17(20)11-14)16-10-13(3)4-7-19-16/h4-12H,1-3H3. The van der Waals surface area contributed by atoms with Gasteiger partial charge in [0.15, 0.2) is 5.78 Å². The van der Waals surface area contributed by atoms with E-state index in [9.17, 15) is 4.79 Å². The van der Waals surface area contributed by atoms with Crippen molar-refractivity contribution in [3.05, 3.63) is 60.0 Å². The highest BCUT2D eigenvalue weighted by Crippen LogP contribution is 2.26. The Morgan fingerprint density at radius 3 is 2.62 bits per heavy atom. The van der Waals surface area contributed by atoms with Crippen LogP contribution in [0.15, 0.2) is 48.9 Å². The third-order valence-corrected chi connectivity index (χ3v) is 3.66. The molecule has 0 aromatic carbocycles. The van der Waals surface area contributed by atoms with Crippen molar-refractivity contribution in [2.24, 2.45) is 5.92 Å². The number of carbonyl (C=O) groups is 1. The number of rotatable bonds is 3. The topological polar surface area (TPSA) is 34.4 Å². The first-order chi connectivity index (χ1) is 10.1. The lowest BCUT2D eigenvalue weighted by atomic mass is 10.0. The number of nitrogens with zero attached hydrogens (tertiary/aromatic N) is 2. The van der Waals surface area contributed by atoms with Crippen LogP contribution in [-0.4, -0.2) is 15.2 Å². The third-order valence-electron chi connectivity index (χ3n) is 3.66. The molecule has 0 radical (unpaired) electrons. The van der Waals surface area contributed by atoms with Gasteiger partial charge in [0.05, 0.1) is 11.2 Å². The van der Waals surface area contributed by atoms with E-state index >= 15 is 0 Å². The van der Waals surface area contributed by atoms with Gasteiger partial charge in [0.2, 0.25) is 0 Å². The monoisotopic (exact) mass is 278 g/mol. The molecule has 3 heterocycles. The zero-order valence-corrected chi connectivity index (χ0v) is 12.5. The summed E-state index contributed by atoms with van der Waals surface area (Å²) in [7, 11) is 0. The summed E-state index contributed by atoms with van der Waals surface area (Å²) in [6, 6.07) is 9.92. The lowest BCUT2D eigenvalue weighted by Crippen LogP contribution is -2.07. The number of Topliss-reactive ketones (excluding diaryl/α,β-unsaturated/α-hetero) is 1. The number of aryl methyl sites for hydroxylation is 1. The Morgan fingerprint density at radius 1 is 1.14 bits per heavy atom. The van der Waals surface area contributed by atoms with Crippen molar-refractivity contribution in [1.29, 1.82) is 0 Å². The largest absolute Gasteiger partial charge is 0.323 e. The van der Waals surface area contributed by atoms with Gasteiger partial charge in [0, 0.05) is 35.6 Å². The zero-order chi connectivity index (χ0) is 15.0. The van der Waals surface area contributed by atoms with Gasteiger partial charge in [-0.1, -0.05) is 13.8 Å². The van der Waals surface area contributed by atoms with Gasteiger partial charge >= 0.3 is 0 Å². The normalized spacial score (nSPS) is 11.2. The second-order valence-electron chi connectivity index (χ2n) is 5.67. The molecule has 0 N–H and O–H groups in total. The number of fused-ring (bicyclic) bond motifs is 1. The van der Waals surface area contributed by atoms with Crippen molar-refractivity contribution in [2.45, 2.75) is 20.8 Å². The minimum atomic E-state index is 0.00274. The summed E-state index contributed by atoms with van der Waals surface area (Å²) in [5.74, 6) is 0.171. The van der Waals surface area contributed by atoms with Crippen molar-refractivity contribution in [3.63, 3.8) is 0 Å². The predicted octanol–water partition coefficient (Wildman–Crippen LogP) is 4.15. The van der Waals surface area contributed by atoms with Gasteiger partial charge in [-0.2, -0.15) is 0 Å². The summed E-state index contributed by atoms with van der Waals surface area (Å²) in [6.07, 6.45) is 5.75. The Hall–Kier alpha value is -2.42. The Bertz CT molecular complexity index is 815. The van der Waals surface area contributed by atoms with E-state index in [0.717, 1.165) is 22.3 Å². The first kappa shape index (κ1) is 13.6. The number of hydrogen-bond acceptors (Lipinski definition) is 2. The lowest BCUT2D eigenvalue weighted by molar-refractivity contribution is 0.0939. The van der Waals surface area contributed by atoms with Crippen molar-refractivity contribution in [3.8, 4) is 11.3 Å². The Morgan fingerprint density at radius 2 is 1.90 bits per heavy atom. The number of hydrogen-bond donors (Lipinski definition) is 0. The summed E-state index contributed by atoms with van der Waals surface area (Å²) in [5.41, 5.74) is 4.93. The van der Waals surface area contributed by atoms with Crippen LogP contribution in [0.5, 0.6) is 0 Å². The van der Waals surface area contributed by atoms with Crippen LogP contribution in [0.2, 0.25) is 0 Å². The van der Waals surface area contributed by atoms with Crippen LogP contribution in [-0.2, 0) is 0 Å². The average molecular weight is 278 g/mol. The summed E-state index contributed by atoms with van der Waals surface area (Å²) >= 11 is 0. The molecule has 0 saturated carbocycles. The summed E-state index contributed by atoms with van der Waals surface area (Å²) < 4.78 is 2.02. The highest BCUT2D eigenvalue weighted by Gasteiger charge is 2.13. The maximum Gasteiger partial charge on any atom is 0.165 e. The molecule has 0 atom stereocenters. The van der Waals surface area contributed by atoms with Crippen LogP contribution in [0.1, 0.15) is 29.8 Å². The first-order valence-corrected chi connectivity index (χ1v) is 7.14. The molecule has 106 valence electrons. The minimum absolute atomic E-state index is 0.00274. The highest BCUT2D eigenvalue weighted by molar-refractivity contribution is 5.99. The molecule has 0 unspecified atom stereocenters. The van der Waals surface area contributed by atoms with Gasteiger partial charge < -0.3 is 4.40 Å². The van der Waals surface area contributed by atoms with Crippen LogP contribution in [0.4, 0.5) is 0 Å². The van der Waals surface area contributed by atoms with Crippen molar-refractivity contribution in [2.75, 3.05) is 0 Å². The molecule has 3 aromatic rings. The zero-order valence-electron chi connectivity index (χ0n) is 12.5. The van der Waals surface area contributed by atoms with E-state index < -0.39 is 0 Å². The predicted molar refractivity (Wildman–Crippen MR) is 84.5 cm³/mol. The number of aromatic nitrogens is 2. The van der Waals surface area contributed by atoms with E-state index in [1.165, 1.54) is 5.56 Å². The number of pyridine rings is 2. The Labute approximate surface area is 124 Å². The van der Waals surface area contributed by atoms with E-state index in [0.29, 0.717) is 0 Å². The first-order valence-electron chi connectivity index (χ1n) is 7.14. The maximum atomic E-state index is 12.2. The van der Waals surface area contributed by atoms with Crippen LogP contribution in [0.25, 0.3) is 16.8 Å². The van der Waals surface area contributed by atoms with Gasteiger partial charge in [0.1, 0.15) is 0 Å². The van der Waals surface area contributed by atoms with Crippen LogP contribution in [0, 0.1) is 12.8 Å². The van der Waals surface area contributed by atoms with Crippen molar-refractivity contribution >= 4 is 11.3 Å². The summed E-state index contributed by atoms with van der Waals surface area (Å²) in [4.78, 5) is 16.6.